The molecule has 0 unspecified atom stereocenters. The first-order valence-corrected chi connectivity index (χ1v) is 4.51. The van der Waals surface area contributed by atoms with Crippen LogP contribution >= 0.6 is 0 Å². The molecule has 0 spiro atoms. The average Bonchev–Trinajstić information content (AvgIpc) is 2.29. The smallest absolute Gasteiger partial charge is 0.410 e. The zero-order valence-electron chi connectivity index (χ0n) is 8.51. The zero-order chi connectivity index (χ0) is 11.1. The van der Waals surface area contributed by atoms with Crippen molar-refractivity contribution < 1.29 is 9.53 Å². The molecule has 78 valence electrons. The summed E-state index contributed by atoms with van der Waals surface area (Å²) in [5.74, 6) is 0. The molecule has 1 amide bonds. The molecular formula is C11H12N2O2. The molecule has 0 aliphatic rings. The molecule has 1 rings (SSSR count). The summed E-state index contributed by atoms with van der Waals surface area (Å²) in [6.07, 6.45) is -0.486. The molecule has 0 fully saturated rings. The van der Waals surface area contributed by atoms with Crippen LogP contribution in [-0.4, -0.2) is 24.6 Å². The SMILES string of the molecule is COC(=O)N(CC#N)Cc1ccccc1. The molecule has 0 aliphatic heterocycles. The monoisotopic (exact) mass is 204 g/mol. The van der Waals surface area contributed by atoms with Gasteiger partial charge in [0.25, 0.3) is 0 Å². The van der Waals surface area contributed by atoms with Gasteiger partial charge in [-0.1, -0.05) is 30.3 Å². The minimum atomic E-state index is -0.486. The van der Waals surface area contributed by atoms with E-state index in [1.807, 2.05) is 36.4 Å². The quantitative estimate of drug-likeness (QED) is 0.705. The number of hydrogen-bond acceptors (Lipinski definition) is 3. The Morgan fingerprint density at radius 3 is 2.67 bits per heavy atom. The van der Waals surface area contributed by atoms with Crippen molar-refractivity contribution in [1.29, 1.82) is 5.26 Å². The lowest BCUT2D eigenvalue weighted by Gasteiger charge is -2.17. The van der Waals surface area contributed by atoms with Gasteiger partial charge in [-0.05, 0) is 5.56 Å². The Labute approximate surface area is 88.7 Å². The molecule has 0 saturated heterocycles. The van der Waals surface area contributed by atoms with Crippen molar-refractivity contribution in [3.8, 4) is 6.07 Å². The van der Waals surface area contributed by atoms with Crippen molar-refractivity contribution in [1.82, 2.24) is 4.90 Å². The fraction of sp³-hybridized carbons (Fsp3) is 0.273. The third-order valence-electron chi connectivity index (χ3n) is 1.91. The summed E-state index contributed by atoms with van der Waals surface area (Å²) in [5.41, 5.74) is 0.971. The Hall–Kier alpha value is -2.02. The van der Waals surface area contributed by atoms with Crippen molar-refractivity contribution in [3.63, 3.8) is 0 Å². The second-order valence-corrected chi connectivity index (χ2v) is 2.97. The van der Waals surface area contributed by atoms with Gasteiger partial charge < -0.3 is 4.74 Å². The lowest BCUT2D eigenvalue weighted by molar-refractivity contribution is 0.126. The number of nitrogens with zero attached hydrogens (tertiary/aromatic N) is 2. The van der Waals surface area contributed by atoms with Crippen LogP contribution in [0.25, 0.3) is 0 Å². The van der Waals surface area contributed by atoms with Crippen LogP contribution in [0.5, 0.6) is 0 Å². The number of nitriles is 1. The minimum Gasteiger partial charge on any atom is -0.453 e. The van der Waals surface area contributed by atoms with Gasteiger partial charge in [-0.3, -0.25) is 4.90 Å². The standard InChI is InChI=1S/C11H12N2O2/c1-15-11(14)13(8-7-12)9-10-5-3-2-4-6-10/h2-6H,8-9H2,1H3. The Balaban J connectivity index is 2.68. The molecule has 0 heterocycles. The second kappa shape index (κ2) is 5.66. The molecule has 0 aromatic heterocycles. The van der Waals surface area contributed by atoms with Gasteiger partial charge in [-0.25, -0.2) is 4.79 Å². The molecule has 0 bridgehead atoms. The van der Waals surface area contributed by atoms with E-state index in [4.69, 9.17) is 5.26 Å². The van der Waals surface area contributed by atoms with E-state index >= 15 is 0 Å². The number of benzene rings is 1. The predicted octanol–water partition coefficient (Wildman–Crippen LogP) is 1.78. The number of carbonyl (C=O) groups is 1. The molecule has 1 aromatic rings. The van der Waals surface area contributed by atoms with Gasteiger partial charge >= 0.3 is 6.09 Å². The first kappa shape index (κ1) is 11.1. The Morgan fingerprint density at radius 1 is 1.47 bits per heavy atom. The summed E-state index contributed by atoms with van der Waals surface area (Å²) in [7, 11) is 1.30. The van der Waals surface area contributed by atoms with Crippen molar-refractivity contribution in [2.24, 2.45) is 0 Å². The predicted molar refractivity (Wildman–Crippen MR) is 54.9 cm³/mol. The lowest BCUT2D eigenvalue weighted by Crippen LogP contribution is -2.30. The first-order chi connectivity index (χ1) is 7.27. The zero-order valence-corrected chi connectivity index (χ0v) is 8.51. The maximum absolute atomic E-state index is 11.3. The number of hydrogen-bond donors (Lipinski definition) is 0. The molecular weight excluding hydrogens is 192 g/mol. The van der Waals surface area contributed by atoms with Crippen LogP contribution in [0.3, 0.4) is 0 Å². The molecule has 1 aromatic carbocycles. The van der Waals surface area contributed by atoms with E-state index in [-0.39, 0.29) is 6.54 Å². The van der Waals surface area contributed by atoms with E-state index < -0.39 is 6.09 Å². The summed E-state index contributed by atoms with van der Waals surface area (Å²) in [6, 6.07) is 11.4. The molecule has 15 heavy (non-hydrogen) atoms. The Kier molecular flexibility index (Phi) is 4.17. The van der Waals surface area contributed by atoms with Crippen molar-refractivity contribution in [2.45, 2.75) is 6.54 Å². The largest absolute Gasteiger partial charge is 0.453 e. The average molecular weight is 204 g/mol. The second-order valence-electron chi connectivity index (χ2n) is 2.97. The Morgan fingerprint density at radius 2 is 2.13 bits per heavy atom. The van der Waals surface area contributed by atoms with Gasteiger partial charge in [0, 0.05) is 0 Å². The van der Waals surface area contributed by atoms with Gasteiger partial charge in [-0.15, -0.1) is 0 Å². The van der Waals surface area contributed by atoms with E-state index in [0.717, 1.165) is 5.56 Å². The maximum atomic E-state index is 11.3. The highest BCUT2D eigenvalue weighted by atomic mass is 16.5. The van der Waals surface area contributed by atoms with Crippen molar-refractivity contribution in [2.75, 3.05) is 13.7 Å². The maximum Gasteiger partial charge on any atom is 0.410 e. The van der Waals surface area contributed by atoms with Gasteiger partial charge in [0.1, 0.15) is 6.54 Å². The van der Waals surface area contributed by atoms with E-state index in [2.05, 4.69) is 4.74 Å². The molecule has 0 radical (unpaired) electrons. The summed E-state index contributed by atoms with van der Waals surface area (Å²) in [6.45, 7) is 0.419. The van der Waals surface area contributed by atoms with Crippen LogP contribution in [-0.2, 0) is 11.3 Å². The highest BCUT2D eigenvalue weighted by Crippen LogP contribution is 2.05. The summed E-state index contributed by atoms with van der Waals surface area (Å²) in [4.78, 5) is 12.6. The topological polar surface area (TPSA) is 53.3 Å². The van der Waals surface area contributed by atoms with E-state index in [1.54, 1.807) is 0 Å². The summed E-state index contributed by atoms with van der Waals surface area (Å²) >= 11 is 0. The van der Waals surface area contributed by atoms with Crippen LogP contribution in [0.15, 0.2) is 30.3 Å². The molecule has 0 atom stereocenters. The molecule has 4 nitrogen and oxygen atoms in total. The number of rotatable bonds is 3. The first-order valence-electron chi connectivity index (χ1n) is 4.51. The highest BCUT2D eigenvalue weighted by Gasteiger charge is 2.12. The normalized spacial score (nSPS) is 9.07. The minimum absolute atomic E-state index is 0.0293. The number of ether oxygens (including phenoxy) is 1. The van der Waals surface area contributed by atoms with Crippen molar-refractivity contribution >= 4 is 6.09 Å². The Bertz CT molecular complexity index is 357. The third kappa shape index (κ3) is 3.31. The van der Waals surface area contributed by atoms with Gasteiger partial charge in [0.15, 0.2) is 0 Å². The van der Waals surface area contributed by atoms with Crippen molar-refractivity contribution in [3.05, 3.63) is 35.9 Å². The molecule has 4 heteroatoms. The van der Waals surface area contributed by atoms with Crippen LogP contribution in [0, 0.1) is 11.3 Å². The van der Waals surface area contributed by atoms with E-state index in [0.29, 0.717) is 6.54 Å². The third-order valence-corrected chi connectivity index (χ3v) is 1.91. The van der Waals surface area contributed by atoms with Gasteiger partial charge in [-0.2, -0.15) is 5.26 Å². The summed E-state index contributed by atoms with van der Waals surface area (Å²) < 4.78 is 4.57. The number of methoxy groups -OCH3 is 1. The van der Waals surface area contributed by atoms with E-state index in [9.17, 15) is 4.79 Å². The van der Waals surface area contributed by atoms with Crippen LogP contribution in [0.2, 0.25) is 0 Å². The fourth-order valence-corrected chi connectivity index (χ4v) is 1.20. The van der Waals surface area contributed by atoms with Gasteiger partial charge in [0.2, 0.25) is 0 Å². The van der Waals surface area contributed by atoms with E-state index in [1.165, 1.54) is 12.0 Å². The summed E-state index contributed by atoms with van der Waals surface area (Å²) in [5, 5.41) is 8.56. The van der Waals surface area contributed by atoms with Crippen LogP contribution < -0.4 is 0 Å². The van der Waals surface area contributed by atoms with Crippen LogP contribution in [0.4, 0.5) is 4.79 Å². The van der Waals surface area contributed by atoms with Gasteiger partial charge in [0.05, 0.1) is 19.7 Å². The number of amides is 1. The van der Waals surface area contributed by atoms with Crippen LogP contribution in [0.1, 0.15) is 5.56 Å². The highest BCUT2D eigenvalue weighted by molar-refractivity contribution is 5.67. The lowest BCUT2D eigenvalue weighted by atomic mass is 10.2. The fourth-order valence-electron chi connectivity index (χ4n) is 1.20. The molecule has 0 aliphatic carbocycles. The molecule has 0 N–H and O–H groups in total. The molecule has 0 saturated carbocycles. The number of carbonyl (C=O) groups excluding carboxylic acids is 1.